The fourth-order valence-electron chi connectivity index (χ4n) is 2.02. The van der Waals surface area contributed by atoms with Crippen molar-refractivity contribution < 1.29 is 26.7 Å². The van der Waals surface area contributed by atoms with Crippen LogP contribution in [0.25, 0.3) is 0 Å². The summed E-state index contributed by atoms with van der Waals surface area (Å²) in [4.78, 5) is 0. The molecule has 0 aromatic carbocycles. The minimum absolute atomic E-state index is 0.264. The SMILES string of the molecule is O=S(=O)(NCC(F)(F)F)NCC1(O)CCCCCC1. The van der Waals surface area contributed by atoms with Gasteiger partial charge in [-0.3, -0.25) is 0 Å². The molecule has 19 heavy (non-hydrogen) atoms. The highest BCUT2D eigenvalue weighted by Gasteiger charge is 2.32. The van der Waals surface area contributed by atoms with Crippen LogP contribution in [0.1, 0.15) is 38.5 Å². The van der Waals surface area contributed by atoms with E-state index < -0.39 is 28.5 Å². The van der Waals surface area contributed by atoms with E-state index in [4.69, 9.17) is 0 Å². The van der Waals surface area contributed by atoms with Crippen LogP contribution in [0.3, 0.4) is 0 Å². The normalized spacial score (nSPS) is 21.1. The molecule has 1 saturated carbocycles. The molecule has 0 unspecified atom stereocenters. The Morgan fingerprint density at radius 2 is 1.58 bits per heavy atom. The van der Waals surface area contributed by atoms with E-state index >= 15 is 0 Å². The second kappa shape index (κ2) is 6.38. The molecular formula is C10H19F3N2O3S. The smallest absolute Gasteiger partial charge is 0.389 e. The Hall–Kier alpha value is -0.380. The van der Waals surface area contributed by atoms with Crippen molar-refractivity contribution in [2.45, 2.75) is 50.3 Å². The molecule has 1 rings (SSSR count). The molecule has 0 atom stereocenters. The third-order valence-corrected chi connectivity index (χ3v) is 4.14. The van der Waals surface area contributed by atoms with E-state index in [1.54, 1.807) is 0 Å². The van der Waals surface area contributed by atoms with E-state index in [1.165, 1.54) is 4.72 Å². The summed E-state index contributed by atoms with van der Waals surface area (Å²) in [5.74, 6) is 0. The molecule has 0 saturated heterocycles. The predicted octanol–water partition coefficient (Wildman–Crippen LogP) is 1.06. The second-order valence-corrected chi connectivity index (χ2v) is 6.48. The highest BCUT2D eigenvalue weighted by atomic mass is 32.2. The lowest BCUT2D eigenvalue weighted by Crippen LogP contribution is -2.48. The van der Waals surface area contributed by atoms with E-state index in [0.29, 0.717) is 12.8 Å². The van der Waals surface area contributed by atoms with Crippen molar-refractivity contribution in [1.29, 1.82) is 0 Å². The van der Waals surface area contributed by atoms with Crippen LogP contribution < -0.4 is 9.44 Å². The summed E-state index contributed by atoms with van der Waals surface area (Å²) in [6.07, 6.45) is -0.178. The lowest BCUT2D eigenvalue weighted by atomic mass is 9.95. The predicted molar refractivity (Wildman–Crippen MR) is 63.6 cm³/mol. The van der Waals surface area contributed by atoms with Gasteiger partial charge in [0, 0.05) is 6.54 Å². The highest BCUT2D eigenvalue weighted by Crippen LogP contribution is 2.26. The number of rotatable bonds is 5. The molecule has 0 heterocycles. The summed E-state index contributed by atoms with van der Waals surface area (Å²) in [7, 11) is -4.24. The Bertz CT molecular complexity index is 376. The monoisotopic (exact) mass is 304 g/mol. The van der Waals surface area contributed by atoms with Crippen LogP contribution in [0, 0.1) is 0 Å². The molecule has 0 amide bonds. The zero-order chi connectivity index (χ0) is 14.6. The van der Waals surface area contributed by atoms with Crippen LogP contribution in [-0.4, -0.2) is 38.4 Å². The highest BCUT2D eigenvalue weighted by molar-refractivity contribution is 7.87. The van der Waals surface area contributed by atoms with Crippen LogP contribution in [0.5, 0.6) is 0 Å². The largest absolute Gasteiger partial charge is 0.402 e. The van der Waals surface area contributed by atoms with Crippen molar-refractivity contribution in [2.24, 2.45) is 0 Å². The minimum atomic E-state index is -4.60. The molecule has 9 heteroatoms. The Morgan fingerprint density at radius 1 is 1.05 bits per heavy atom. The molecule has 1 aliphatic carbocycles. The first-order valence-corrected chi connectivity index (χ1v) is 7.64. The number of hydrogen-bond acceptors (Lipinski definition) is 3. The molecule has 0 radical (unpaired) electrons. The quantitative estimate of drug-likeness (QED) is 0.665. The van der Waals surface area contributed by atoms with Gasteiger partial charge in [-0.2, -0.15) is 31.0 Å². The molecule has 0 bridgehead atoms. The van der Waals surface area contributed by atoms with Gasteiger partial charge in [-0.05, 0) is 12.8 Å². The average molecular weight is 304 g/mol. The summed E-state index contributed by atoms with van der Waals surface area (Å²) >= 11 is 0. The van der Waals surface area contributed by atoms with Gasteiger partial charge >= 0.3 is 6.18 Å². The van der Waals surface area contributed by atoms with Gasteiger partial charge in [0.2, 0.25) is 0 Å². The van der Waals surface area contributed by atoms with Gasteiger partial charge in [-0.15, -0.1) is 0 Å². The topological polar surface area (TPSA) is 78.4 Å². The van der Waals surface area contributed by atoms with Gasteiger partial charge in [0.15, 0.2) is 0 Å². The summed E-state index contributed by atoms with van der Waals surface area (Å²) in [5, 5.41) is 10.2. The summed E-state index contributed by atoms with van der Waals surface area (Å²) < 4.78 is 61.7. The number of aliphatic hydroxyl groups is 1. The van der Waals surface area contributed by atoms with Crippen molar-refractivity contribution in [1.82, 2.24) is 9.44 Å². The zero-order valence-electron chi connectivity index (χ0n) is 10.5. The number of halogens is 3. The van der Waals surface area contributed by atoms with Crippen LogP contribution >= 0.6 is 0 Å². The fraction of sp³-hybridized carbons (Fsp3) is 1.00. The maximum Gasteiger partial charge on any atom is 0.402 e. The van der Waals surface area contributed by atoms with Crippen molar-refractivity contribution in [2.75, 3.05) is 13.1 Å². The van der Waals surface area contributed by atoms with Crippen LogP contribution in [0.2, 0.25) is 0 Å². The van der Waals surface area contributed by atoms with Gasteiger partial charge in [0.1, 0.15) is 6.54 Å². The minimum Gasteiger partial charge on any atom is -0.389 e. The lowest BCUT2D eigenvalue weighted by Gasteiger charge is -2.26. The first-order chi connectivity index (χ1) is 8.62. The molecule has 0 aromatic heterocycles. The van der Waals surface area contributed by atoms with E-state index in [2.05, 4.69) is 0 Å². The second-order valence-electron chi connectivity index (χ2n) is 4.90. The summed E-state index contributed by atoms with van der Waals surface area (Å²) in [5.41, 5.74) is -1.16. The van der Waals surface area contributed by atoms with Gasteiger partial charge in [0.05, 0.1) is 5.60 Å². The Kier molecular flexibility index (Phi) is 5.60. The van der Waals surface area contributed by atoms with Crippen molar-refractivity contribution in [3.63, 3.8) is 0 Å². The molecule has 5 nitrogen and oxygen atoms in total. The molecule has 3 N–H and O–H groups in total. The fourth-order valence-corrected chi connectivity index (χ4v) is 2.94. The van der Waals surface area contributed by atoms with Gasteiger partial charge in [-0.25, -0.2) is 0 Å². The molecule has 1 fully saturated rings. The van der Waals surface area contributed by atoms with E-state index in [1.807, 2.05) is 4.72 Å². The third kappa shape index (κ3) is 7.09. The Labute approximate surface area is 110 Å². The molecule has 1 aliphatic rings. The first kappa shape index (κ1) is 16.7. The molecule has 0 spiro atoms. The maximum atomic E-state index is 11.9. The van der Waals surface area contributed by atoms with E-state index in [9.17, 15) is 26.7 Å². The lowest BCUT2D eigenvalue weighted by molar-refractivity contribution is -0.121. The number of nitrogens with one attached hydrogen (secondary N) is 2. The Morgan fingerprint density at radius 3 is 2.05 bits per heavy atom. The van der Waals surface area contributed by atoms with Crippen LogP contribution in [-0.2, 0) is 10.2 Å². The van der Waals surface area contributed by atoms with Crippen molar-refractivity contribution >= 4 is 10.2 Å². The van der Waals surface area contributed by atoms with Crippen molar-refractivity contribution in [3.8, 4) is 0 Å². The first-order valence-electron chi connectivity index (χ1n) is 6.15. The summed E-state index contributed by atoms with van der Waals surface area (Å²) in [6.45, 7) is -1.89. The maximum absolute atomic E-state index is 11.9. The third-order valence-electron chi connectivity index (χ3n) is 3.09. The standard InChI is InChI=1S/C10H19F3N2O3S/c11-10(12,13)8-15-19(17,18)14-7-9(16)5-3-1-2-4-6-9/h14-16H,1-8H2. The van der Waals surface area contributed by atoms with Crippen LogP contribution in [0.15, 0.2) is 0 Å². The summed E-state index contributed by atoms with van der Waals surface area (Å²) in [6, 6.07) is 0. The van der Waals surface area contributed by atoms with E-state index in [0.717, 1.165) is 25.7 Å². The van der Waals surface area contributed by atoms with E-state index in [-0.39, 0.29) is 6.54 Å². The average Bonchev–Trinajstić information content (AvgIpc) is 2.50. The molecular weight excluding hydrogens is 285 g/mol. The van der Waals surface area contributed by atoms with Gasteiger partial charge in [0.25, 0.3) is 10.2 Å². The Balaban J connectivity index is 2.45. The molecule has 0 aliphatic heterocycles. The number of alkyl halides is 3. The molecule has 0 aromatic rings. The van der Waals surface area contributed by atoms with Crippen LogP contribution in [0.4, 0.5) is 13.2 Å². The number of hydrogen-bond donors (Lipinski definition) is 3. The molecule has 114 valence electrons. The van der Waals surface area contributed by atoms with Gasteiger partial charge in [-0.1, -0.05) is 25.7 Å². The van der Waals surface area contributed by atoms with Crippen molar-refractivity contribution in [3.05, 3.63) is 0 Å². The zero-order valence-corrected chi connectivity index (χ0v) is 11.3. The van der Waals surface area contributed by atoms with Gasteiger partial charge < -0.3 is 5.11 Å².